The molecule has 0 saturated heterocycles. The van der Waals surface area contributed by atoms with E-state index in [0.717, 1.165) is 11.8 Å². The van der Waals surface area contributed by atoms with Gasteiger partial charge in [-0.2, -0.15) is 13.2 Å². The number of fused-ring (bicyclic) bond motifs is 1. The van der Waals surface area contributed by atoms with Crippen LogP contribution in [0.1, 0.15) is 11.1 Å². The highest BCUT2D eigenvalue weighted by atomic mass is 19.4. The van der Waals surface area contributed by atoms with Crippen LogP contribution in [-0.2, 0) is 12.7 Å². The van der Waals surface area contributed by atoms with Crippen molar-refractivity contribution in [2.75, 3.05) is 13.2 Å². The van der Waals surface area contributed by atoms with Crippen molar-refractivity contribution >= 4 is 0 Å². The Morgan fingerprint density at radius 3 is 2.61 bits per heavy atom. The number of quaternary nitrogens is 1. The van der Waals surface area contributed by atoms with Crippen LogP contribution in [-0.4, -0.2) is 19.3 Å². The van der Waals surface area contributed by atoms with Crippen LogP contribution in [0.5, 0.6) is 11.5 Å². The predicted molar refractivity (Wildman–Crippen MR) is 78.3 cm³/mol. The molecule has 3 nitrogen and oxygen atoms in total. The van der Waals surface area contributed by atoms with Crippen molar-refractivity contribution in [3.63, 3.8) is 0 Å². The summed E-state index contributed by atoms with van der Waals surface area (Å²) >= 11 is 0. The Kier molecular flexibility index (Phi) is 4.43. The van der Waals surface area contributed by atoms with Crippen molar-refractivity contribution in [2.24, 2.45) is 0 Å². The molecule has 0 fully saturated rings. The minimum atomic E-state index is -4.31. The fraction of sp³-hybridized carbons (Fsp3) is 0.294. The molecule has 3 rings (SSSR count). The summed E-state index contributed by atoms with van der Waals surface area (Å²) in [4.78, 5) is 0. The largest absolute Gasteiger partial charge is 0.486 e. The van der Waals surface area contributed by atoms with E-state index in [1.807, 2.05) is 29.6 Å². The Hall–Kier alpha value is -2.21. The summed E-state index contributed by atoms with van der Waals surface area (Å²) in [6.45, 7) is 1.52. The number of benzene rings is 2. The van der Waals surface area contributed by atoms with E-state index in [4.69, 9.17) is 9.47 Å². The number of hydrogen-bond acceptors (Lipinski definition) is 2. The van der Waals surface area contributed by atoms with Crippen LogP contribution in [0.3, 0.4) is 0 Å². The minimum Gasteiger partial charge on any atom is -0.486 e. The summed E-state index contributed by atoms with van der Waals surface area (Å²) in [5, 5.41) is 1.93. The molecule has 0 bridgehead atoms. The van der Waals surface area contributed by atoms with E-state index < -0.39 is 11.7 Å². The van der Waals surface area contributed by atoms with Gasteiger partial charge in [0.1, 0.15) is 19.7 Å². The van der Waals surface area contributed by atoms with Gasteiger partial charge in [-0.1, -0.05) is 24.3 Å². The Morgan fingerprint density at radius 2 is 1.83 bits per heavy atom. The average Bonchev–Trinajstić information content (AvgIpc) is 2.54. The first kappa shape index (κ1) is 15.7. The van der Waals surface area contributed by atoms with Crippen LogP contribution in [0.4, 0.5) is 13.2 Å². The molecule has 1 heterocycles. The van der Waals surface area contributed by atoms with E-state index in [9.17, 15) is 13.2 Å². The van der Waals surface area contributed by atoms with Crippen LogP contribution in [0.15, 0.2) is 48.5 Å². The van der Waals surface area contributed by atoms with Crippen molar-refractivity contribution in [3.8, 4) is 11.5 Å². The smallest absolute Gasteiger partial charge is 0.416 e. The van der Waals surface area contributed by atoms with Gasteiger partial charge >= 0.3 is 6.18 Å². The molecule has 0 amide bonds. The Morgan fingerprint density at radius 1 is 1.04 bits per heavy atom. The van der Waals surface area contributed by atoms with Crippen LogP contribution in [0, 0.1) is 0 Å². The van der Waals surface area contributed by atoms with Gasteiger partial charge in [0.05, 0.1) is 5.56 Å². The van der Waals surface area contributed by atoms with E-state index in [1.54, 1.807) is 6.07 Å². The molecule has 0 saturated carbocycles. The van der Waals surface area contributed by atoms with E-state index >= 15 is 0 Å². The van der Waals surface area contributed by atoms with Crippen molar-refractivity contribution in [1.29, 1.82) is 0 Å². The third kappa shape index (κ3) is 3.96. The molecule has 6 heteroatoms. The first-order chi connectivity index (χ1) is 11.0. The maximum Gasteiger partial charge on any atom is 0.416 e. The number of para-hydroxylation sites is 2. The van der Waals surface area contributed by atoms with Crippen molar-refractivity contribution in [1.82, 2.24) is 0 Å². The Balaban J connectivity index is 1.53. The second-order valence-corrected chi connectivity index (χ2v) is 5.42. The second-order valence-electron chi connectivity index (χ2n) is 5.42. The minimum absolute atomic E-state index is 0.115. The average molecular weight is 324 g/mol. The molecule has 1 aliphatic heterocycles. The summed E-state index contributed by atoms with van der Waals surface area (Å²) in [5.41, 5.74) is 0.0199. The molecule has 122 valence electrons. The molecule has 0 spiro atoms. The standard InChI is InChI=1S/C17H16F3NO2/c18-17(19,20)13-5-3-4-12(8-13)9-21-10-14-11-22-15-6-1-2-7-16(15)23-14/h1-8,14,21H,9-11H2/p+1/t14-/m0/s1. The molecule has 0 unspecified atom stereocenters. The molecule has 2 aromatic rings. The van der Waals surface area contributed by atoms with Gasteiger partial charge in [-0.15, -0.1) is 0 Å². The van der Waals surface area contributed by atoms with Crippen molar-refractivity contribution < 1.29 is 28.0 Å². The van der Waals surface area contributed by atoms with Crippen LogP contribution >= 0.6 is 0 Å². The summed E-state index contributed by atoms with van der Waals surface area (Å²) in [5.74, 6) is 1.43. The monoisotopic (exact) mass is 324 g/mol. The topological polar surface area (TPSA) is 35.1 Å². The van der Waals surface area contributed by atoms with Gasteiger partial charge in [0.2, 0.25) is 0 Å². The lowest BCUT2D eigenvalue weighted by atomic mass is 10.1. The van der Waals surface area contributed by atoms with E-state index in [-0.39, 0.29) is 6.10 Å². The van der Waals surface area contributed by atoms with Crippen LogP contribution < -0.4 is 14.8 Å². The lowest BCUT2D eigenvalue weighted by Crippen LogP contribution is -2.85. The highest BCUT2D eigenvalue weighted by Crippen LogP contribution is 2.31. The van der Waals surface area contributed by atoms with Crippen LogP contribution in [0.2, 0.25) is 0 Å². The molecular formula is C17H17F3NO2+. The van der Waals surface area contributed by atoms with Crippen LogP contribution in [0.25, 0.3) is 0 Å². The van der Waals surface area contributed by atoms with Crippen molar-refractivity contribution in [2.45, 2.75) is 18.8 Å². The maximum atomic E-state index is 12.7. The first-order valence-electron chi connectivity index (χ1n) is 7.38. The number of alkyl halides is 3. The van der Waals surface area contributed by atoms with E-state index in [0.29, 0.717) is 31.0 Å². The number of nitrogens with two attached hydrogens (primary N) is 1. The third-order valence-corrected chi connectivity index (χ3v) is 3.63. The number of ether oxygens (including phenoxy) is 2. The normalized spacial score (nSPS) is 17.1. The van der Waals surface area contributed by atoms with Gasteiger partial charge in [0.25, 0.3) is 0 Å². The molecular weight excluding hydrogens is 307 g/mol. The summed E-state index contributed by atoms with van der Waals surface area (Å²) < 4.78 is 49.4. The quantitative estimate of drug-likeness (QED) is 0.938. The van der Waals surface area contributed by atoms with Gasteiger partial charge in [-0.05, 0) is 24.3 Å². The first-order valence-corrected chi connectivity index (χ1v) is 7.38. The van der Waals surface area contributed by atoms with Gasteiger partial charge in [0.15, 0.2) is 17.6 Å². The summed E-state index contributed by atoms with van der Waals surface area (Å²) in [7, 11) is 0. The van der Waals surface area contributed by atoms with Gasteiger partial charge in [0, 0.05) is 5.56 Å². The van der Waals surface area contributed by atoms with Crippen molar-refractivity contribution in [3.05, 3.63) is 59.7 Å². The molecule has 2 N–H and O–H groups in total. The highest BCUT2D eigenvalue weighted by molar-refractivity contribution is 5.40. The second kappa shape index (κ2) is 6.50. The zero-order valence-electron chi connectivity index (χ0n) is 12.3. The maximum absolute atomic E-state index is 12.7. The lowest BCUT2D eigenvalue weighted by molar-refractivity contribution is -0.676. The summed E-state index contributed by atoms with van der Waals surface area (Å²) in [6.07, 6.45) is -4.42. The lowest BCUT2D eigenvalue weighted by Gasteiger charge is -2.25. The molecule has 2 aromatic carbocycles. The number of hydrogen-bond donors (Lipinski definition) is 1. The molecule has 23 heavy (non-hydrogen) atoms. The SMILES string of the molecule is FC(F)(F)c1cccc(C[NH2+]C[C@H]2COc3ccccc3O2)c1. The molecule has 0 aliphatic carbocycles. The molecule has 0 radical (unpaired) electrons. The predicted octanol–water partition coefficient (Wildman–Crippen LogP) is 2.61. The number of halogens is 3. The van der Waals surface area contributed by atoms with E-state index in [1.165, 1.54) is 12.1 Å². The van der Waals surface area contributed by atoms with Gasteiger partial charge in [-0.3, -0.25) is 0 Å². The van der Waals surface area contributed by atoms with Gasteiger partial charge < -0.3 is 14.8 Å². The zero-order chi connectivity index (χ0) is 16.3. The zero-order valence-corrected chi connectivity index (χ0v) is 12.3. The highest BCUT2D eigenvalue weighted by Gasteiger charge is 2.30. The fourth-order valence-electron chi connectivity index (χ4n) is 2.49. The Labute approximate surface area is 132 Å². The van der Waals surface area contributed by atoms with E-state index in [2.05, 4.69) is 0 Å². The number of rotatable bonds is 4. The summed E-state index contributed by atoms with van der Waals surface area (Å²) in [6, 6.07) is 12.8. The fourth-order valence-corrected chi connectivity index (χ4v) is 2.49. The molecule has 1 atom stereocenters. The molecule has 0 aromatic heterocycles. The Bertz CT molecular complexity index is 673. The third-order valence-electron chi connectivity index (χ3n) is 3.63. The molecule has 1 aliphatic rings. The van der Waals surface area contributed by atoms with Gasteiger partial charge in [-0.25, -0.2) is 0 Å².